The maximum absolute atomic E-state index is 12.7. The third kappa shape index (κ3) is 3.79. The second kappa shape index (κ2) is 7.56. The summed E-state index contributed by atoms with van der Waals surface area (Å²) < 4.78 is 5.17. The van der Waals surface area contributed by atoms with E-state index in [1.165, 1.54) is 0 Å². The zero-order valence-electron chi connectivity index (χ0n) is 16.0. The summed E-state index contributed by atoms with van der Waals surface area (Å²) in [5.41, 5.74) is 0.862. The van der Waals surface area contributed by atoms with E-state index >= 15 is 0 Å². The number of β-lactam (4-membered cyclic amide) rings is 1. The molecule has 0 atom stereocenters. The fourth-order valence-electron chi connectivity index (χ4n) is 3.74. The second-order valence-electron chi connectivity index (χ2n) is 7.86. The molecule has 0 saturated carbocycles. The fourth-order valence-corrected chi connectivity index (χ4v) is 3.74. The zero-order chi connectivity index (χ0) is 18.7. The van der Waals surface area contributed by atoms with Crippen LogP contribution in [0.4, 0.5) is 4.79 Å². The SMILES string of the molecule is COc1ccc(CN2CC3(CCN(C(=O)NCC(C)C)CC3)C2=O)cc1. The number of hydrogen-bond donors (Lipinski definition) is 1. The lowest BCUT2D eigenvalue weighted by molar-refractivity contribution is -0.165. The standard InChI is InChI=1S/C20H29N3O3/c1-15(2)12-21-19(25)22-10-8-20(9-11-22)14-23(18(20)24)13-16-4-6-17(26-3)7-5-16/h4-7,15H,8-14H2,1-3H3,(H,21,25). The van der Waals surface area contributed by atoms with E-state index in [1.807, 2.05) is 34.1 Å². The van der Waals surface area contributed by atoms with Crippen molar-refractivity contribution in [3.63, 3.8) is 0 Å². The molecule has 142 valence electrons. The van der Waals surface area contributed by atoms with Crippen molar-refractivity contribution >= 4 is 11.9 Å². The summed E-state index contributed by atoms with van der Waals surface area (Å²) in [6, 6.07) is 7.83. The Hall–Kier alpha value is -2.24. The minimum atomic E-state index is -0.249. The number of piperidine rings is 1. The normalized spacial score (nSPS) is 18.8. The van der Waals surface area contributed by atoms with Gasteiger partial charge in [-0.2, -0.15) is 0 Å². The van der Waals surface area contributed by atoms with Gasteiger partial charge in [-0.3, -0.25) is 4.79 Å². The lowest BCUT2D eigenvalue weighted by Gasteiger charge is -2.52. The maximum atomic E-state index is 12.7. The summed E-state index contributed by atoms with van der Waals surface area (Å²) >= 11 is 0. The van der Waals surface area contributed by atoms with E-state index in [9.17, 15) is 9.59 Å². The molecule has 2 saturated heterocycles. The van der Waals surface area contributed by atoms with E-state index in [2.05, 4.69) is 19.2 Å². The monoisotopic (exact) mass is 359 g/mol. The largest absolute Gasteiger partial charge is 0.497 e. The molecular weight excluding hydrogens is 330 g/mol. The third-order valence-corrected chi connectivity index (χ3v) is 5.44. The highest BCUT2D eigenvalue weighted by molar-refractivity contribution is 5.89. The first-order chi connectivity index (χ1) is 12.4. The summed E-state index contributed by atoms with van der Waals surface area (Å²) in [5, 5.41) is 2.96. The van der Waals surface area contributed by atoms with Gasteiger partial charge >= 0.3 is 6.03 Å². The van der Waals surface area contributed by atoms with Crippen LogP contribution in [0.3, 0.4) is 0 Å². The van der Waals surface area contributed by atoms with Crippen LogP contribution in [0.5, 0.6) is 5.75 Å². The fraction of sp³-hybridized carbons (Fsp3) is 0.600. The number of carbonyl (C=O) groups excluding carboxylic acids is 2. The number of carbonyl (C=O) groups is 2. The highest BCUT2D eigenvalue weighted by atomic mass is 16.5. The van der Waals surface area contributed by atoms with Crippen molar-refractivity contribution in [1.82, 2.24) is 15.1 Å². The van der Waals surface area contributed by atoms with Crippen molar-refractivity contribution in [2.75, 3.05) is 33.3 Å². The predicted molar refractivity (Wildman–Crippen MR) is 99.9 cm³/mol. The van der Waals surface area contributed by atoms with Crippen LogP contribution in [0.25, 0.3) is 0 Å². The van der Waals surface area contributed by atoms with Gasteiger partial charge in [0.1, 0.15) is 5.75 Å². The van der Waals surface area contributed by atoms with Crippen LogP contribution in [-0.4, -0.2) is 55.0 Å². The molecule has 3 amide bonds. The van der Waals surface area contributed by atoms with E-state index < -0.39 is 0 Å². The van der Waals surface area contributed by atoms with Crippen LogP contribution in [0, 0.1) is 11.3 Å². The number of methoxy groups -OCH3 is 1. The van der Waals surface area contributed by atoms with E-state index in [1.54, 1.807) is 7.11 Å². The molecular formula is C20H29N3O3. The Morgan fingerprint density at radius 1 is 1.23 bits per heavy atom. The van der Waals surface area contributed by atoms with Crippen molar-refractivity contribution in [3.05, 3.63) is 29.8 Å². The summed E-state index contributed by atoms with van der Waals surface area (Å²) in [4.78, 5) is 28.7. The van der Waals surface area contributed by atoms with Gasteiger partial charge in [-0.1, -0.05) is 26.0 Å². The molecule has 6 heteroatoms. The first-order valence-corrected chi connectivity index (χ1v) is 9.38. The summed E-state index contributed by atoms with van der Waals surface area (Å²) in [6.07, 6.45) is 1.53. The van der Waals surface area contributed by atoms with Crippen molar-refractivity contribution < 1.29 is 14.3 Å². The molecule has 1 aromatic rings. The first-order valence-electron chi connectivity index (χ1n) is 9.38. The molecule has 0 radical (unpaired) electrons. The highest BCUT2D eigenvalue weighted by Crippen LogP contribution is 2.42. The highest BCUT2D eigenvalue weighted by Gasteiger charge is 2.53. The number of ether oxygens (including phenoxy) is 1. The Labute approximate surface area is 155 Å². The van der Waals surface area contributed by atoms with Crippen LogP contribution in [0.2, 0.25) is 0 Å². The zero-order valence-corrected chi connectivity index (χ0v) is 16.0. The van der Waals surface area contributed by atoms with Crippen molar-refractivity contribution in [2.24, 2.45) is 11.3 Å². The topological polar surface area (TPSA) is 61.9 Å². The Bertz CT molecular complexity index is 649. The molecule has 26 heavy (non-hydrogen) atoms. The van der Waals surface area contributed by atoms with Gasteiger partial charge in [-0.15, -0.1) is 0 Å². The van der Waals surface area contributed by atoms with E-state index in [0.29, 0.717) is 32.1 Å². The Balaban J connectivity index is 1.48. The summed E-state index contributed by atoms with van der Waals surface area (Å²) in [6.45, 7) is 7.60. The van der Waals surface area contributed by atoms with Crippen LogP contribution in [-0.2, 0) is 11.3 Å². The molecule has 2 aliphatic heterocycles. The average molecular weight is 359 g/mol. The van der Waals surface area contributed by atoms with Crippen molar-refractivity contribution in [3.8, 4) is 5.75 Å². The van der Waals surface area contributed by atoms with Gasteiger partial charge in [0.05, 0.1) is 12.5 Å². The molecule has 6 nitrogen and oxygen atoms in total. The number of rotatable bonds is 5. The van der Waals surface area contributed by atoms with Crippen LogP contribution < -0.4 is 10.1 Å². The van der Waals surface area contributed by atoms with Crippen molar-refractivity contribution in [1.29, 1.82) is 0 Å². The molecule has 1 spiro atoms. The minimum absolute atomic E-state index is 0.00425. The molecule has 2 aliphatic rings. The number of nitrogens with zero attached hydrogens (tertiary/aromatic N) is 2. The Morgan fingerprint density at radius 2 is 1.88 bits per heavy atom. The number of amides is 3. The Morgan fingerprint density at radius 3 is 2.42 bits per heavy atom. The molecule has 0 aromatic heterocycles. The van der Waals surface area contributed by atoms with E-state index in [-0.39, 0.29) is 17.4 Å². The third-order valence-electron chi connectivity index (χ3n) is 5.44. The lowest BCUT2D eigenvalue weighted by atomic mass is 9.71. The van der Waals surface area contributed by atoms with Crippen LogP contribution in [0.15, 0.2) is 24.3 Å². The lowest BCUT2D eigenvalue weighted by Crippen LogP contribution is -2.64. The van der Waals surface area contributed by atoms with Crippen LogP contribution in [0.1, 0.15) is 32.3 Å². The van der Waals surface area contributed by atoms with Gasteiger partial charge in [0, 0.05) is 32.7 Å². The molecule has 0 bridgehead atoms. The van der Waals surface area contributed by atoms with Gasteiger partial charge in [-0.25, -0.2) is 4.79 Å². The van der Waals surface area contributed by atoms with Crippen molar-refractivity contribution in [2.45, 2.75) is 33.2 Å². The molecule has 2 heterocycles. The molecule has 2 fully saturated rings. The number of hydrogen-bond acceptors (Lipinski definition) is 3. The first kappa shape index (κ1) is 18.5. The second-order valence-corrected chi connectivity index (χ2v) is 7.86. The van der Waals surface area contributed by atoms with Crippen LogP contribution >= 0.6 is 0 Å². The minimum Gasteiger partial charge on any atom is -0.497 e. The molecule has 3 rings (SSSR count). The van der Waals surface area contributed by atoms with Gasteiger partial charge in [-0.05, 0) is 36.5 Å². The van der Waals surface area contributed by atoms with Gasteiger partial charge in [0.25, 0.3) is 0 Å². The number of benzene rings is 1. The predicted octanol–water partition coefficient (Wildman–Crippen LogP) is 2.49. The molecule has 0 unspecified atom stereocenters. The number of likely N-dealkylation sites (tertiary alicyclic amines) is 2. The summed E-state index contributed by atoms with van der Waals surface area (Å²) in [7, 11) is 1.65. The van der Waals surface area contributed by atoms with Gasteiger partial charge < -0.3 is 19.9 Å². The van der Waals surface area contributed by atoms with E-state index in [4.69, 9.17) is 4.74 Å². The Kier molecular flexibility index (Phi) is 5.39. The maximum Gasteiger partial charge on any atom is 0.317 e. The van der Waals surface area contributed by atoms with Gasteiger partial charge in [0.15, 0.2) is 0 Å². The van der Waals surface area contributed by atoms with E-state index in [0.717, 1.165) is 30.7 Å². The average Bonchev–Trinajstić information content (AvgIpc) is 2.66. The smallest absolute Gasteiger partial charge is 0.317 e. The van der Waals surface area contributed by atoms with Gasteiger partial charge in [0.2, 0.25) is 5.91 Å². The molecule has 1 aromatic carbocycles. The summed E-state index contributed by atoms with van der Waals surface area (Å²) in [5.74, 6) is 1.49. The molecule has 1 N–H and O–H groups in total. The molecule has 0 aliphatic carbocycles. The number of nitrogens with one attached hydrogen (secondary N) is 1. The number of urea groups is 1. The quantitative estimate of drug-likeness (QED) is 0.822.